The van der Waals surface area contributed by atoms with Crippen LogP contribution >= 0.6 is 11.6 Å². The number of aryl methyl sites for hydroxylation is 1. The molecule has 0 aliphatic carbocycles. The maximum atomic E-state index is 13.2. The van der Waals surface area contributed by atoms with Gasteiger partial charge in [0, 0.05) is 17.1 Å². The zero-order chi connectivity index (χ0) is 21.8. The normalized spacial score (nSPS) is 14.8. The van der Waals surface area contributed by atoms with Crippen molar-refractivity contribution >= 4 is 21.6 Å². The van der Waals surface area contributed by atoms with E-state index < -0.39 is 10.0 Å². The fourth-order valence-corrected chi connectivity index (χ4v) is 4.59. The minimum absolute atomic E-state index is 0.0515. The molecule has 6 heteroatoms. The van der Waals surface area contributed by atoms with Crippen LogP contribution in [0.25, 0.3) is 0 Å². The maximum absolute atomic E-state index is 13.2. The van der Waals surface area contributed by atoms with E-state index in [9.17, 15) is 8.42 Å². The molecule has 0 aromatic heterocycles. The SMILES string of the molecule is Cc1ccc(S(=O)(=O)NC(c2ccc(Cl)cc2)C(CNC(C)(C)C)C(C)C)cc1. The molecule has 0 fully saturated rings. The third kappa shape index (κ3) is 7.10. The van der Waals surface area contributed by atoms with Crippen LogP contribution in [0.4, 0.5) is 0 Å². The number of sulfonamides is 1. The molecular formula is C23H33ClN2O2S. The van der Waals surface area contributed by atoms with Crippen LogP contribution < -0.4 is 10.0 Å². The summed E-state index contributed by atoms with van der Waals surface area (Å²) in [6.07, 6.45) is 0. The second-order valence-corrected chi connectivity index (χ2v) is 11.2. The summed E-state index contributed by atoms with van der Waals surface area (Å²) >= 11 is 6.07. The van der Waals surface area contributed by atoms with Crippen molar-refractivity contribution in [2.24, 2.45) is 11.8 Å². The molecule has 2 N–H and O–H groups in total. The molecule has 0 heterocycles. The minimum Gasteiger partial charge on any atom is -0.312 e. The Balaban J connectivity index is 2.43. The van der Waals surface area contributed by atoms with Crippen LogP contribution in [0.3, 0.4) is 0 Å². The molecule has 4 nitrogen and oxygen atoms in total. The molecular weight excluding hydrogens is 404 g/mol. The van der Waals surface area contributed by atoms with Crippen LogP contribution in [0, 0.1) is 18.8 Å². The number of rotatable bonds is 8. The maximum Gasteiger partial charge on any atom is 0.241 e. The Morgan fingerprint density at radius 3 is 2.00 bits per heavy atom. The van der Waals surface area contributed by atoms with Crippen LogP contribution in [0.15, 0.2) is 53.4 Å². The fourth-order valence-electron chi connectivity index (χ4n) is 3.19. The Bertz CT molecular complexity index is 886. The third-order valence-corrected chi connectivity index (χ3v) is 6.70. The largest absolute Gasteiger partial charge is 0.312 e. The predicted octanol–water partition coefficient (Wildman–Crippen LogP) is 5.33. The highest BCUT2D eigenvalue weighted by atomic mass is 35.5. The van der Waals surface area contributed by atoms with Gasteiger partial charge in [0.25, 0.3) is 0 Å². The van der Waals surface area contributed by atoms with Crippen molar-refractivity contribution in [2.75, 3.05) is 6.54 Å². The molecule has 2 rings (SSSR count). The number of hydrogen-bond acceptors (Lipinski definition) is 3. The van der Waals surface area contributed by atoms with Gasteiger partial charge in [-0.15, -0.1) is 0 Å². The second kappa shape index (κ2) is 9.61. The van der Waals surface area contributed by atoms with Crippen molar-refractivity contribution in [3.63, 3.8) is 0 Å². The monoisotopic (exact) mass is 436 g/mol. The molecule has 2 unspecified atom stereocenters. The number of halogens is 1. The summed E-state index contributed by atoms with van der Waals surface area (Å²) in [7, 11) is -3.68. The molecule has 0 spiro atoms. The number of nitrogens with one attached hydrogen (secondary N) is 2. The Labute approximate surface area is 181 Å². The molecule has 160 valence electrons. The van der Waals surface area contributed by atoms with E-state index in [2.05, 4.69) is 44.7 Å². The number of hydrogen-bond donors (Lipinski definition) is 2. The van der Waals surface area contributed by atoms with Crippen molar-refractivity contribution in [1.29, 1.82) is 0 Å². The van der Waals surface area contributed by atoms with Crippen molar-refractivity contribution in [3.8, 4) is 0 Å². The van der Waals surface area contributed by atoms with Gasteiger partial charge in [-0.1, -0.05) is 55.3 Å². The Morgan fingerprint density at radius 1 is 0.966 bits per heavy atom. The van der Waals surface area contributed by atoms with E-state index in [0.29, 0.717) is 11.6 Å². The summed E-state index contributed by atoms with van der Waals surface area (Å²) in [6.45, 7) is 13.2. The van der Waals surface area contributed by atoms with E-state index in [0.717, 1.165) is 11.1 Å². The first-order chi connectivity index (χ1) is 13.4. The second-order valence-electron chi connectivity index (χ2n) is 9.00. The van der Waals surface area contributed by atoms with Crippen LogP contribution in [0.2, 0.25) is 5.02 Å². The summed E-state index contributed by atoms with van der Waals surface area (Å²) in [5.41, 5.74) is 1.86. The summed E-state index contributed by atoms with van der Waals surface area (Å²) in [6, 6.07) is 13.9. The highest BCUT2D eigenvalue weighted by molar-refractivity contribution is 7.89. The summed E-state index contributed by atoms with van der Waals surface area (Å²) in [4.78, 5) is 0.272. The van der Waals surface area contributed by atoms with E-state index in [-0.39, 0.29) is 28.3 Å². The van der Waals surface area contributed by atoms with Gasteiger partial charge in [0.15, 0.2) is 0 Å². The Hall–Kier alpha value is -1.40. The van der Waals surface area contributed by atoms with E-state index in [1.165, 1.54) is 0 Å². The quantitative estimate of drug-likeness (QED) is 0.588. The lowest BCUT2D eigenvalue weighted by atomic mass is 9.84. The Kier molecular flexibility index (Phi) is 7.91. The first kappa shape index (κ1) is 23.9. The van der Waals surface area contributed by atoms with Gasteiger partial charge in [-0.2, -0.15) is 0 Å². The van der Waals surface area contributed by atoms with Gasteiger partial charge in [-0.05, 0) is 69.4 Å². The molecule has 2 atom stereocenters. The lowest BCUT2D eigenvalue weighted by Gasteiger charge is -2.34. The average molecular weight is 437 g/mol. The molecule has 29 heavy (non-hydrogen) atoms. The molecule has 0 saturated carbocycles. The molecule has 0 aliphatic heterocycles. The average Bonchev–Trinajstić information content (AvgIpc) is 2.60. The van der Waals surface area contributed by atoms with Gasteiger partial charge in [-0.25, -0.2) is 13.1 Å². The summed E-state index contributed by atoms with van der Waals surface area (Å²) in [5, 5.41) is 4.16. The summed E-state index contributed by atoms with van der Waals surface area (Å²) < 4.78 is 29.3. The highest BCUT2D eigenvalue weighted by Gasteiger charge is 2.31. The van der Waals surface area contributed by atoms with E-state index >= 15 is 0 Å². The van der Waals surface area contributed by atoms with Gasteiger partial charge in [0.2, 0.25) is 10.0 Å². The van der Waals surface area contributed by atoms with Crippen molar-refractivity contribution in [2.45, 2.75) is 58.0 Å². The van der Waals surface area contributed by atoms with Gasteiger partial charge in [0.1, 0.15) is 0 Å². The minimum atomic E-state index is -3.68. The summed E-state index contributed by atoms with van der Waals surface area (Å²) in [5.74, 6) is 0.307. The molecule has 0 bridgehead atoms. The lowest BCUT2D eigenvalue weighted by molar-refractivity contribution is 0.263. The van der Waals surface area contributed by atoms with Crippen LogP contribution in [0.5, 0.6) is 0 Å². The fraction of sp³-hybridized carbons (Fsp3) is 0.478. The van der Waals surface area contributed by atoms with Gasteiger partial charge in [-0.3, -0.25) is 0 Å². The van der Waals surface area contributed by atoms with Gasteiger partial charge >= 0.3 is 0 Å². The lowest BCUT2D eigenvalue weighted by Crippen LogP contribution is -2.45. The zero-order valence-corrected chi connectivity index (χ0v) is 19.7. The first-order valence-corrected chi connectivity index (χ1v) is 11.8. The third-order valence-electron chi connectivity index (χ3n) is 5.00. The zero-order valence-electron chi connectivity index (χ0n) is 18.2. The first-order valence-electron chi connectivity index (χ1n) is 9.98. The molecule has 2 aromatic rings. The van der Waals surface area contributed by atoms with Crippen LogP contribution in [-0.2, 0) is 10.0 Å². The van der Waals surface area contributed by atoms with Crippen LogP contribution in [0.1, 0.15) is 51.8 Å². The van der Waals surface area contributed by atoms with Gasteiger partial charge < -0.3 is 5.32 Å². The molecule has 0 amide bonds. The van der Waals surface area contributed by atoms with Crippen LogP contribution in [-0.4, -0.2) is 20.5 Å². The smallest absolute Gasteiger partial charge is 0.241 e. The van der Waals surface area contributed by atoms with Crippen molar-refractivity contribution < 1.29 is 8.42 Å². The van der Waals surface area contributed by atoms with E-state index in [1.54, 1.807) is 24.3 Å². The topological polar surface area (TPSA) is 58.2 Å². The predicted molar refractivity (Wildman–Crippen MR) is 122 cm³/mol. The molecule has 0 aliphatic rings. The number of benzene rings is 2. The standard InChI is InChI=1S/C23H33ClN2O2S/c1-16(2)21(15-25-23(4,5)6)22(18-9-11-19(24)12-10-18)26-29(27,28)20-13-7-17(3)8-14-20/h7-14,16,21-22,25-26H,15H2,1-6H3. The van der Waals surface area contributed by atoms with E-state index in [4.69, 9.17) is 11.6 Å². The van der Waals surface area contributed by atoms with Crippen molar-refractivity contribution in [1.82, 2.24) is 10.0 Å². The molecule has 0 radical (unpaired) electrons. The van der Waals surface area contributed by atoms with E-state index in [1.807, 2.05) is 31.2 Å². The molecule has 2 aromatic carbocycles. The van der Waals surface area contributed by atoms with Crippen molar-refractivity contribution in [3.05, 3.63) is 64.7 Å². The Morgan fingerprint density at radius 2 is 1.52 bits per heavy atom. The molecule has 0 saturated heterocycles. The van der Waals surface area contributed by atoms with Gasteiger partial charge in [0.05, 0.1) is 10.9 Å². The highest BCUT2D eigenvalue weighted by Crippen LogP contribution is 2.31.